The van der Waals surface area contributed by atoms with E-state index in [9.17, 15) is 0 Å². The zero-order valence-electron chi connectivity index (χ0n) is 10.3. The molecule has 1 fully saturated rings. The maximum atomic E-state index is 5.88. The highest BCUT2D eigenvalue weighted by atomic mass is 16.5. The Kier molecular flexibility index (Phi) is 3.56. The molecule has 0 aromatic carbocycles. The van der Waals surface area contributed by atoms with Gasteiger partial charge in [0.1, 0.15) is 0 Å². The molecule has 0 amide bonds. The summed E-state index contributed by atoms with van der Waals surface area (Å²) in [4.78, 5) is 4.36. The first kappa shape index (κ1) is 11.6. The Morgan fingerprint density at radius 1 is 1.38 bits per heavy atom. The third kappa shape index (κ3) is 3.03. The van der Waals surface area contributed by atoms with E-state index in [4.69, 9.17) is 4.74 Å². The molecular weight excluding hydrogens is 200 g/mol. The van der Waals surface area contributed by atoms with E-state index >= 15 is 0 Å². The molecule has 88 valence electrons. The van der Waals surface area contributed by atoms with Gasteiger partial charge in [0.05, 0.1) is 12.7 Å². The van der Waals surface area contributed by atoms with Crippen LogP contribution in [0.25, 0.3) is 0 Å². The van der Waals surface area contributed by atoms with Crippen molar-refractivity contribution in [3.63, 3.8) is 0 Å². The van der Waals surface area contributed by atoms with Gasteiger partial charge in [0.15, 0.2) is 0 Å². The second kappa shape index (κ2) is 4.93. The molecule has 16 heavy (non-hydrogen) atoms. The summed E-state index contributed by atoms with van der Waals surface area (Å²) in [6.07, 6.45) is 1.48. The Bertz CT molecular complexity index is 345. The molecule has 2 atom stereocenters. The molecule has 1 N–H and O–H groups in total. The molecule has 1 aromatic rings. The van der Waals surface area contributed by atoms with Crippen LogP contribution in [-0.4, -0.2) is 23.7 Å². The quantitative estimate of drug-likeness (QED) is 0.845. The Morgan fingerprint density at radius 3 is 2.62 bits per heavy atom. The van der Waals surface area contributed by atoms with Crippen LogP contribution in [0.3, 0.4) is 0 Å². The number of nitrogens with zero attached hydrogens (tertiary/aromatic N) is 1. The van der Waals surface area contributed by atoms with Crippen molar-refractivity contribution in [1.82, 2.24) is 10.3 Å². The lowest BCUT2D eigenvalue weighted by molar-refractivity contribution is 0.0528. The first-order chi connectivity index (χ1) is 7.63. The number of pyridine rings is 1. The number of nitrogens with one attached hydrogen (secondary N) is 1. The van der Waals surface area contributed by atoms with E-state index in [1.165, 1.54) is 5.56 Å². The monoisotopic (exact) mass is 220 g/mol. The molecule has 0 saturated carbocycles. The van der Waals surface area contributed by atoms with Crippen molar-refractivity contribution in [3.8, 4) is 0 Å². The predicted octanol–water partition coefficient (Wildman–Crippen LogP) is 1.97. The van der Waals surface area contributed by atoms with Crippen LogP contribution in [-0.2, 0) is 11.3 Å². The van der Waals surface area contributed by atoms with Crippen LogP contribution in [0.2, 0.25) is 0 Å². The van der Waals surface area contributed by atoms with Crippen LogP contribution in [0.1, 0.15) is 30.3 Å². The van der Waals surface area contributed by atoms with Gasteiger partial charge in [0.25, 0.3) is 0 Å². The molecule has 3 nitrogen and oxygen atoms in total. The summed E-state index contributed by atoms with van der Waals surface area (Å²) >= 11 is 0. The fourth-order valence-electron chi connectivity index (χ4n) is 2.24. The number of aryl methyl sites for hydroxylation is 2. The Morgan fingerprint density at radius 2 is 2.06 bits per heavy atom. The molecule has 1 aliphatic rings. The lowest BCUT2D eigenvalue weighted by Gasteiger charge is -2.11. The van der Waals surface area contributed by atoms with E-state index in [-0.39, 0.29) is 0 Å². The number of rotatable bonds is 3. The maximum absolute atomic E-state index is 5.88. The van der Waals surface area contributed by atoms with Crippen molar-refractivity contribution in [1.29, 1.82) is 0 Å². The van der Waals surface area contributed by atoms with Crippen LogP contribution in [0, 0.1) is 13.8 Å². The number of hydrogen-bond acceptors (Lipinski definition) is 3. The van der Waals surface area contributed by atoms with Crippen molar-refractivity contribution in [2.45, 2.75) is 45.9 Å². The molecule has 0 spiro atoms. The van der Waals surface area contributed by atoms with Crippen molar-refractivity contribution in [2.24, 2.45) is 0 Å². The Hall–Kier alpha value is -0.930. The third-order valence-electron chi connectivity index (χ3n) is 2.94. The minimum absolute atomic E-state index is 0.365. The van der Waals surface area contributed by atoms with Crippen LogP contribution in [0.4, 0.5) is 0 Å². The lowest BCUT2D eigenvalue weighted by Crippen LogP contribution is -2.18. The molecule has 1 aliphatic heterocycles. The normalized spacial score (nSPS) is 24.9. The average molecular weight is 220 g/mol. The number of aromatic nitrogens is 1. The van der Waals surface area contributed by atoms with Gasteiger partial charge in [-0.2, -0.15) is 0 Å². The highest BCUT2D eigenvalue weighted by molar-refractivity contribution is 5.19. The molecule has 0 radical (unpaired) electrons. The minimum atomic E-state index is 0.365. The van der Waals surface area contributed by atoms with Gasteiger partial charge in [-0.3, -0.25) is 4.98 Å². The predicted molar refractivity (Wildman–Crippen MR) is 64.4 cm³/mol. The summed E-state index contributed by atoms with van der Waals surface area (Å²) in [6.45, 7) is 7.92. The average Bonchev–Trinajstić information content (AvgIpc) is 2.60. The molecule has 0 unspecified atom stereocenters. The minimum Gasteiger partial charge on any atom is -0.372 e. The van der Waals surface area contributed by atoms with Gasteiger partial charge in [0, 0.05) is 24.0 Å². The third-order valence-corrected chi connectivity index (χ3v) is 2.94. The molecule has 2 heterocycles. The molecule has 1 aromatic heterocycles. The van der Waals surface area contributed by atoms with Crippen LogP contribution in [0.15, 0.2) is 12.1 Å². The second-order valence-electron chi connectivity index (χ2n) is 4.74. The summed E-state index contributed by atoms with van der Waals surface area (Å²) < 4.78 is 5.88. The summed E-state index contributed by atoms with van der Waals surface area (Å²) in [5.41, 5.74) is 3.36. The molecule has 3 heteroatoms. The summed E-state index contributed by atoms with van der Waals surface area (Å²) in [5, 5.41) is 3.39. The van der Waals surface area contributed by atoms with E-state index in [2.05, 4.69) is 29.4 Å². The van der Waals surface area contributed by atoms with Crippen LogP contribution >= 0.6 is 0 Å². The fraction of sp³-hybridized carbons (Fsp3) is 0.615. The Labute approximate surface area is 97.2 Å². The molecule has 0 aliphatic carbocycles. The van der Waals surface area contributed by atoms with Crippen molar-refractivity contribution in [3.05, 3.63) is 29.1 Å². The van der Waals surface area contributed by atoms with Gasteiger partial charge in [0.2, 0.25) is 0 Å². The van der Waals surface area contributed by atoms with E-state index < -0.39 is 0 Å². The second-order valence-corrected chi connectivity index (χ2v) is 4.74. The number of hydrogen-bond donors (Lipinski definition) is 1. The van der Waals surface area contributed by atoms with E-state index in [1.807, 2.05) is 13.8 Å². The summed E-state index contributed by atoms with van der Waals surface area (Å²) in [6, 6.07) is 4.78. The van der Waals surface area contributed by atoms with E-state index in [1.54, 1.807) is 0 Å². The zero-order valence-corrected chi connectivity index (χ0v) is 10.3. The highest BCUT2D eigenvalue weighted by Crippen LogP contribution is 2.13. The maximum Gasteiger partial charge on any atom is 0.0722 e. The van der Waals surface area contributed by atoms with Crippen LogP contribution in [0.5, 0.6) is 0 Å². The van der Waals surface area contributed by atoms with E-state index in [0.717, 1.165) is 24.4 Å². The molecule has 2 rings (SSSR count). The molecular formula is C13H20N2O. The lowest BCUT2D eigenvalue weighted by atomic mass is 10.2. The van der Waals surface area contributed by atoms with Crippen LogP contribution < -0.4 is 5.32 Å². The molecule has 1 saturated heterocycles. The van der Waals surface area contributed by atoms with Gasteiger partial charge in [-0.15, -0.1) is 0 Å². The van der Waals surface area contributed by atoms with Gasteiger partial charge >= 0.3 is 0 Å². The highest BCUT2D eigenvalue weighted by Gasteiger charge is 2.20. The largest absolute Gasteiger partial charge is 0.372 e. The van der Waals surface area contributed by atoms with Crippen molar-refractivity contribution < 1.29 is 4.74 Å². The van der Waals surface area contributed by atoms with E-state index in [0.29, 0.717) is 18.8 Å². The standard InChI is InChI=1S/C13H20N2O/c1-9-6-13(7-14-9)16-8-12-4-10(2)15-11(3)5-12/h4-5,9,13-14H,6-8H2,1-3H3/t9-,13+/m0/s1. The first-order valence-corrected chi connectivity index (χ1v) is 5.92. The first-order valence-electron chi connectivity index (χ1n) is 5.92. The smallest absolute Gasteiger partial charge is 0.0722 e. The van der Waals surface area contributed by atoms with Gasteiger partial charge in [-0.25, -0.2) is 0 Å². The number of ether oxygens (including phenoxy) is 1. The van der Waals surface area contributed by atoms with Gasteiger partial charge < -0.3 is 10.1 Å². The fourth-order valence-corrected chi connectivity index (χ4v) is 2.24. The van der Waals surface area contributed by atoms with Gasteiger partial charge in [-0.05, 0) is 44.9 Å². The van der Waals surface area contributed by atoms with Gasteiger partial charge in [-0.1, -0.05) is 0 Å². The summed E-state index contributed by atoms with van der Waals surface area (Å²) in [7, 11) is 0. The van der Waals surface area contributed by atoms with Crippen molar-refractivity contribution in [2.75, 3.05) is 6.54 Å². The summed E-state index contributed by atoms with van der Waals surface area (Å²) in [5.74, 6) is 0. The topological polar surface area (TPSA) is 34.1 Å². The SMILES string of the molecule is Cc1cc(CO[C@H]2CN[C@@H](C)C2)cc(C)n1. The Balaban J connectivity index is 1.89. The zero-order chi connectivity index (χ0) is 11.5. The molecule has 0 bridgehead atoms. The van der Waals surface area contributed by atoms with Crippen molar-refractivity contribution >= 4 is 0 Å².